The topological polar surface area (TPSA) is 63.6 Å². The molecule has 1 rings (SSSR count). The van der Waals surface area contributed by atoms with E-state index in [1.165, 1.54) is 13.0 Å². The molecule has 0 saturated heterocycles. The van der Waals surface area contributed by atoms with Gasteiger partial charge in [0.05, 0.1) is 5.60 Å². The zero-order chi connectivity index (χ0) is 20.0. The van der Waals surface area contributed by atoms with E-state index in [0.29, 0.717) is 12.8 Å². The smallest absolute Gasteiger partial charge is 0.302 e. The predicted octanol–water partition coefficient (Wildman–Crippen LogP) is 4.22. The van der Waals surface area contributed by atoms with Gasteiger partial charge in [-0.15, -0.1) is 5.73 Å². The molecule has 0 spiro atoms. The first kappa shape index (κ1) is 21.9. The number of ether oxygens (including phenoxy) is 1. The number of hydrogen-bond donors (Lipinski definition) is 1. The Morgan fingerprint density at radius 1 is 1.15 bits per heavy atom. The van der Waals surface area contributed by atoms with Crippen molar-refractivity contribution in [3.63, 3.8) is 0 Å². The number of allylic oxidation sites excluding steroid dienone is 6. The Morgan fingerprint density at radius 2 is 1.81 bits per heavy atom. The number of carbonyl (C=O) groups is 2. The van der Waals surface area contributed by atoms with Gasteiger partial charge in [0.15, 0.2) is 0 Å². The molecule has 1 N–H and O–H groups in total. The molecule has 1 aliphatic rings. The fourth-order valence-corrected chi connectivity index (χ4v) is 3.44. The summed E-state index contributed by atoms with van der Waals surface area (Å²) in [6, 6.07) is 0. The van der Waals surface area contributed by atoms with Crippen molar-refractivity contribution < 1.29 is 19.4 Å². The second kappa shape index (κ2) is 8.98. The van der Waals surface area contributed by atoms with Crippen LogP contribution in [-0.4, -0.2) is 29.1 Å². The molecule has 0 heterocycles. The van der Waals surface area contributed by atoms with Crippen LogP contribution in [-0.2, 0) is 14.3 Å². The van der Waals surface area contributed by atoms with Gasteiger partial charge in [-0.2, -0.15) is 0 Å². The molecule has 1 fully saturated rings. The lowest BCUT2D eigenvalue weighted by Gasteiger charge is -2.44. The third-order valence-electron chi connectivity index (χ3n) is 4.40. The highest BCUT2D eigenvalue weighted by atomic mass is 16.5. The molecule has 2 atom stereocenters. The lowest BCUT2D eigenvalue weighted by molar-refractivity contribution is -0.152. The van der Waals surface area contributed by atoms with Crippen molar-refractivity contribution in [2.75, 3.05) is 0 Å². The molecule has 4 nitrogen and oxygen atoms in total. The Balaban J connectivity index is 3.07. The Kier molecular flexibility index (Phi) is 7.55. The zero-order valence-corrected chi connectivity index (χ0v) is 16.6. The van der Waals surface area contributed by atoms with Crippen LogP contribution in [0, 0.1) is 5.41 Å². The predicted molar refractivity (Wildman–Crippen MR) is 104 cm³/mol. The van der Waals surface area contributed by atoms with E-state index in [1.54, 1.807) is 6.92 Å². The highest BCUT2D eigenvalue weighted by Crippen LogP contribution is 2.46. The largest absolute Gasteiger partial charge is 0.462 e. The summed E-state index contributed by atoms with van der Waals surface area (Å²) in [6.45, 7) is 11.0. The van der Waals surface area contributed by atoms with Gasteiger partial charge in [0.2, 0.25) is 0 Å². The molecule has 1 aliphatic carbocycles. The number of carbonyl (C=O) groups excluding carboxylic acids is 2. The molecule has 0 aromatic heterocycles. The van der Waals surface area contributed by atoms with E-state index >= 15 is 0 Å². The molecular formula is C22H30O4. The van der Waals surface area contributed by atoms with Gasteiger partial charge in [0.25, 0.3) is 0 Å². The Morgan fingerprint density at radius 3 is 2.35 bits per heavy atom. The number of aliphatic hydroxyl groups is 1. The van der Waals surface area contributed by atoms with E-state index in [2.05, 4.69) is 5.73 Å². The summed E-state index contributed by atoms with van der Waals surface area (Å²) < 4.78 is 5.33. The number of esters is 1. The van der Waals surface area contributed by atoms with Crippen LogP contribution in [0.1, 0.15) is 54.4 Å². The van der Waals surface area contributed by atoms with E-state index < -0.39 is 5.60 Å². The number of hydrogen-bond acceptors (Lipinski definition) is 4. The first-order valence-electron chi connectivity index (χ1n) is 8.82. The molecule has 4 heteroatoms. The summed E-state index contributed by atoms with van der Waals surface area (Å²) in [4.78, 5) is 21.6. The number of aldehydes is 1. The molecule has 0 aromatic carbocycles. The van der Waals surface area contributed by atoms with Crippen molar-refractivity contribution in [1.82, 2.24) is 0 Å². The summed E-state index contributed by atoms with van der Waals surface area (Å²) in [5.41, 5.74) is 4.50. The van der Waals surface area contributed by atoms with Gasteiger partial charge < -0.3 is 9.84 Å². The van der Waals surface area contributed by atoms with Crippen LogP contribution in [0.4, 0.5) is 0 Å². The maximum absolute atomic E-state index is 11.3. The summed E-state index contributed by atoms with van der Waals surface area (Å²) in [6.07, 6.45) is 10.5. The lowest BCUT2D eigenvalue weighted by atomic mass is 9.65. The molecule has 0 aliphatic heterocycles. The summed E-state index contributed by atoms with van der Waals surface area (Å²) in [5.74, 6) is -0.325. The van der Waals surface area contributed by atoms with Crippen LogP contribution >= 0.6 is 0 Å². The van der Waals surface area contributed by atoms with Gasteiger partial charge in [-0.3, -0.25) is 9.59 Å². The summed E-state index contributed by atoms with van der Waals surface area (Å²) in [5, 5.41) is 10.9. The normalized spacial score (nSPS) is 26.4. The molecule has 1 saturated carbocycles. The van der Waals surface area contributed by atoms with E-state index in [1.807, 2.05) is 52.0 Å². The SMILES string of the molecule is CC(=O)O[C@H]1CC(C)(C)C(=C=C/C(C)=C/C=C/C(C)=C/C=O)[C@](C)(O)C1. The van der Waals surface area contributed by atoms with E-state index in [-0.39, 0.29) is 17.5 Å². The molecule has 0 unspecified atom stereocenters. The standard InChI is InChI=1S/C22H30O4/c1-16(8-7-9-17(2)12-13-23)10-11-20-21(4,5)14-19(26-18(3)24)15-22(20,6)25/h7-10,12-13,19,25H,14-15H2,1-6H3/b9-7+,16-8+,17-12+/t11?,19-,22+/m0/s1. The van der Waals surface area contributed by atoms with E-state index in [0.717, 1.165) is 23.0 Å². The van der Waals surface area contributed by atoms with Crippen LogP contribution < -0.4 is 0 Å². The third kappa shape index (κ3) is 6.62. The quantitative estimate of drug-likeness (QED) is 0.263. The average molecular weight is 358 g/mol. The Bertz CT molecular complexity index is 676. The van der Waals surface area contributed by atoms with Gasteiger partial charge in [-0.25, -0.2) is 0 Å². The van der Waals surface area contributed by atoms with Crippen LogP contribution in [0.15, 0.2) is 52.8 Å². The lowest BCUT2D eigenvalue weighted by Crippen LogP contribution is -2.46. The Labute approximate surface area is 156 Å². The number of rotatable bonds is 5. The molecule has 0 aromatic rings. The van der Waals surface area contributed by atoms with Crippen LogP contribution in [0.25, 0.3) is 0 Å². The van der Waals surface area contributed by atoms with Crippen molar-refractivity contribution in [2.24, 2.45) is 5.41 Å². The van der Waals surface area contributed by atoms with Crippen molar-refractivity contribution in [1.29, 1.82) is 0 Å². The maximum atomic E-state index is 11.3. The molecule has 0 bridgehead atoms. The van der Waals surface area contributed by atoms with Crippen molar-refractivity contribution in [2.45, 2.75) is 66.1 Å². The minimum absolute atomic E-state index is 0.296. The molecular weight excluding hydrogens is 328 g/mol. The minimum atomic E-state index is -1.09. The summed E-state index contributed by atoms with van der Waals surface area (Å²) >= 11 is 0. The van der Waals surface area contributed by atoms with Crippen LogP contribution in [0.5, 0.6) is 0 Å². The third-order valence-corrected chi connectivity index (χ3v) is 4.40. The molecule has 26 heavy (non-hydrogen) atoms. The van der Waals surface area contributed by atoms with Crippen molar-refractivity contribution in [3.05, 3.63) is 52.8 Å². The van der Waals surface area contributed by atoms with Gasteiger partial charge in [0, 0.05) is 18.9 Å². The summed E-state index contributed by atoms with van der Waals surface area (Å²) in [7, 11) is 0. The van der Waals surface area contributed by atoms with Gasteiger partial charge in [-0.1, -0.05) is 32.1 Å². The monoisotopic (exact) mass is 358 g/mol. The van der Waals surface area contributed by atoms with E-state index in [4.69, 9.17) is 4.74 Å². The van der Waals surface area contributed by atoms with Gasteiger partial charge in [0.1, 0.15) is 12.4 Å². The van der Waals surface area contributed by atoms with Crippen molar-refractivity contribution in [3.8, 4) is 0 Å². The minimum Gasteiger partial charge on any atom is -0.462 e. The zero-order valence-electron chi connectivity index (χ0n) is 16.6. The fourth-order valence-electron chi connectivity index (χ4n) is 3.44. The molecule has 0 amide bonds. The maximum Gasteiger partial charge on any atom is 0.302 e. The van der Waals surface area contributed by atoms with Gasteiger partial charge in [-0.05, 0) is 55.9 Å². The first-order valence-corrected chi connectivity index (χ1v) is 8.82. The van der Waals surface area contributed by atoms with Crippen LogP contribution in [0.3, 0.4) is 0 Å². The average Bonchev–Trinajstić information content (AvgIpc) is 2.44. The second-order valence-corrected chi connectivity index (χ2v) is 7.78. The Hall–Kier alpha value is -2.16. The second-order valence-electron chi connectivity index (χ2n) is 7.78. The van der Waals surface area contributed by atoms with Crippen LogP contribution in [0.2, 0.25) is 0 Å². The highest BCUT2D eigenvalue weighted by molar-refractivity contribution is 5.67. The molecule has 0 radical (unpaired) electrons. The first-order chi connectivity index (χ1) is 12.0. The van der Waals surface area contributed by atoms with Crippen molar-refractivity contribution >= 4 is 12.3 Å². The highest BCUT2D eigenvalue weighted by Gasteiger charge is 2.46. The fraction of sp³-hybridized carbons (Fsp3) is 0.500. The molecule has 142 valence electrons. The van der Waals surface area contributed by atoms with E-state index in [9.17, 15) is 14.7 Å². The van der Waals surface area contributed by atoms with Gasteiger partial charge >= 0.3 is 5.97 Å².